The molecule has 4 amide bonds. The number of esters is 1. The molecule has 0 radical (unpaired) electrons. The monoisotopic (exact) mass is 704 g/mol. The maximum absolute atomic E-state index is 13.2. The van der Waals surface area contributed by atoms with E-state index in [0.717, 1.165) is 40.9 Å². The summed E-state index contributed by atoms with van der Waals surface area (Å²) in [6.07, 6.45) is 4.67. The summed E-state index contributed by atoms with van der Waals surface area (Å²) < 4.78 is 10.8. The van der Waals surface area contributed by atoms with Crippen LogP contribution in [0.15, 0.2) is 78.9 Å². The number of amides is 4. The van der Waals surface area contributed by atoms with E-state index >= 15 is 0 Å². The summed E-state index contributed by atoms with van der Waals surface area (Å²) >= 11 is 1.90. The summed E-state index contributed by atoms with van der Waals surface area (Å²) in [6.45, 7) is 2.02. The van der Waals surface area contributed by atoms with E-state index in [1.54, 1.807) is 12.1 Å². The van der Waals surface area contributed by atoms with Crippen LogP contribution in [0.4, 0.5) is 4.79 Å². The molecular weight excluding hydrogens is 659 g/mol. The average molecular weight is 705 g/mol. The highest BCUT2D eigenvalue weighted by Crippen LogP contribution is 2.35. The first kappa shape index (κ1) is 36.4. The Kier molecular flexibility index (Phi) is 13.9. The van der Waals surface area contributed by atoms with E-state index in [4.69, 9.17) is 9.47 Å². The minimum absolute atomic E-state index is 0.0541. The van der Waals surface area contributed by atoms with Gasteiger partial charge in [-0.1, -0.05) is 67.1 Å². The molecule has 0 spiro atoms. The first-order valence-electron chi connectivity index (χ1n) is 16.9. The maximum Gasteiger partial charge on any atom is 0.338 e. The zero-order valence-electron chi connectivity index (χ0n) is 27.8. The molecule has 0 unspecified atom stereocenters. The van der Waals surface area contributed by atoms with Crippen LogP contribution in [0.25, 0.3) is 0 Å². The lowest BCUT2D eigenvalue weighted by atomic mass is 10.0. The van der Waals surface area contributed by atoms with Gasteiger partial charge in [-0.05, 0) is 62.4 Å². The molecule has 10 nitrogen and oxygen atoms in total. The van der Waals surface area contributed by atoms with Gasteiger partial charge in [-0.2, -0.15) is 11.8 Å². The summed E-state index contributed by atoms with van der Waals surface area (Å²) in [5.41, 5.74) is 0.919. The van der Waals surface area contributed by atoms with Gasteiger partial charge in [0.25, 0.3) is 5.91 Å². The third-order valence-electron chi connectivity index (χ3n) is 8.55. The molecular formula is C37H45N4O6PS. The van der Waals surface area contributed by atoms with Crippen LogP contribution in [-0.4, -0.2) is 80.3 Å². The van der Waals surface area contributed by atoms with Gasteiger partial charge in [-0.15, -0.1) is 0 Å². The number of rotatable bonds is 18. The summed E-state index contributed by atoms with van der Waals surface area (Å²) in [4.78, 5) is 49.7. The molecule has 3 atom stereocenters. The van der Waals surface area contributed by atoms with Crippen LogP contribution in [0, 0.1) is 0 Å². The van der Waals surface area contributed by atoms with E-state index in [0.29, 0.717) is 61.9 Å². The number of thioether (sulfide) groups is 1. The van der Waals surface area contributed by atoms with Gasteiger partial charge in [0.15, 0.2) is 0 Å². The number of hydrogen-bond donors (Lipinski definition) is 4. The highest BCUT2D eigenvalue weighted by molar-refractivity contribution is 8.00. The van der Waals surface area contributed by atoms with E-state index in [1.807, 2.05) is 78.5 Å². The number of benzene rings is 3. The van der Waals surface area contributed by atoms with Crippen LogP contribution in [0.1, 0.15) is 59.2 Å². The molecule has 0 bridgehead atoms. The number of hydrogen-bond acceptors (Lipinski definition) is 7. The quantitative estimate of drug-likeness (QED) is 0.0689. The predicted octanol–water partition coefficient (Wildman–Crippen LogP) is 3.60. The summed E-state index contributed by atoms with van der Waals surface area (Å²) in [5, 5.41) is 15.2. The van der Waals surface area contributed by atoms with Crippen molar-refractivity contribution in [2.45, 2.75) is 55.9 Å². The SMILES string of the molecule is COC(=O)c1ccc(C(=O)NCCCOCCCNC(=O)CCCC[C@@H]2SC[C@@H]3NC(=O)N[C@@H]32)cc1P(c1ccccc1)c1ccccc1. The average Bonchev–Trinajstić information content (AvgIpc) is 3.69. The Morgan fingerprint density at radius 3 is 2.20 bits per heavy atom. The van der Waals surface area contributed by atoms with Crippen LogP contribution >= 0.6 is 19.7 Å². The van der Waals surface area contributed by atoms with Crippen LogP contribution < -0.4 is 37.2 Å². The molecule has 2 aliphatic rings. The van der Waals surface area contributed by atoms with Gasteiger partial charge in [0, 0.05) is 54.6 Å². The number of ether oxygens (including phenoxy) is 2. The third kappa shape index (κ3) is 10.3. The molecule has 2 heterocycles. The molecule has 2 saturated heterocycles. The standard InChI is InChI=1S/C37H45N4O6PS/c1-46-36(44)29-19-18-26(24-31(29)48(27-12-4-2-5-13-27)28-14-6-3-7-15-28)35(43)39-21-11-23-47-22-10-20-38-33(42)17-9-8-16-32-34-30(25-49-32)40-37(45)41-34/h2-7,12-15,18-19,24,30,32,34H,8-11,16-17,20-23,25H2,1H3,(H,38,42)(H,39,43)(H2,40,41,45)/t30-,32-,34-/m0/s1. The fourth-order valence-corrected chi connectivity index (χ4v) is 10.1. The summed E-state index contributed by atoms with van der Waals surface area (Å²) in [7, 11) is 0.238. The van der Waals surface area contributed by atoms with Crippen molar-refractivity contribution in [1.82, 2.24) is 21.3 Å². The van der Waals surface area contributed by atoms with Gasteiger partial charge < -0.3 is 30.7 Å². The number of nitrogens with one attached hydrogen (secondary N) is 4. The lowest BCUT2D eigenvalue weighted by Crippen LogP contribution is -2.36. The van der Waals surface area contributed by atoms with E-state index in [-0.39, 0.29) is 29.9 Å². The van der Waals surface area contributed by atoms with Crippen molar-refractivity contribution in [3.63, 3.8) is 0 Å². The van der Waals surface area contributed by atoms with E-state index in [9.17, 15) is 19.2 Å². The van der Waals surface area contributed by atoms with Crippen LogP contribution in [0.3, 0.4) is 0 Å². The molecule has 49 heavy (non-hydrogen) atoms. The second kappa shape index (κ2) is 18.7. The smallest absolute Gasteiger partial charge is 0.338 e. The van der Waals surface area contributed by atoms with Gasteiger partial charge >= 0.3 is 12.0 Å². The van der Waals surface area contributed by atoms with Crippen molar-refractivity contribution < 1.29 is 28.7 Å². The minimum atomic E-state index is -1.13. The van der Waals surface area contributed by atoms with Crippen molar-refractivity contribution in [1.29, 1.82) is 0 Å². The van der Waals surface area contributed by atoms with E-state index in [2.05, 4.69) is 21.3 Å². The van der Waals surface area contributed by atoms with Gasteiger partial charge in [0.2, 0.25) is 5.91 Å². The van der Waals surface area contributed by atoms with Crippen molar-refractivity contribution in [3.05, 3.63) is 90.0 Å². The molecule has 2 aliphatic heterocycles. The zero-order chi connectivity index (χ0) is 34.4. The largest absolute Gasteiger partial charge is 0.465 e. The Balaban J connectivity index is 0.998. The van der Waals surface area contributed by atoms with Crippen LogP contribution in [0.2, 0.25) is 0 Å². The Labute approximate surface area is 293 Å². The normalized spacial score (nSPS) is 18.0. The number of unbranched alkanes of at least 4 members (excludes halogenated alkanes) is 1. The molecule has 12 heteroatoms. The number of carbonyl (C=O) groups is 4. The van der Waals surface area contributed by atoms with Crippen LogP contribution in [0.5, 0.6) is 0 Å². The number of fused-ring (bicyclic) bond motifs is 1. The lowest BCUT2D eigenvalue weighted by Gasteiger charge is -2.22. The highest BCUT2D eigenvalue weighted by atomic mass is 32.2. The van der Waals surface area contributed by atoms with Crippen molar-refractivity contribution in [3.8, 4) is 0 Å². The Morgan fingerprint density at radius 1 is 0.857 bits per heavy atom. The third-order valence-corrected chi connectivity index (χ3v) is 12.5. The second-order valence-corrected chi connectivity index (χ2v) is 15.5. The fourth-order valence-electron chi connectivity index (χ4n) is 6.07. The van der Waals surface area contributed by atoms with Gasteiger partial charge in [-0.3, -0.25) is 9.59 Å². The Morgan fingerprint density at radius 2 is 1.53 bits per heavy atom. The molecule has 3 aromatic rings. The van der Waals surface area contributed by atoms with E-state index < -0.39 is 13.9 Å². The first-order valence-corrected chi connectivity index (χ1v) is 19.3. The topological polar surface area (TPSA) is 135 Å². The molecule has 0 aromatic heterocycles. The Bertz CT molecular complexity index is 1520. The minimum Gasteiger partial charge on any atom is -0.465 e. The predicted molar refractivity (Wildman–Crippen MR) is 196 cm³/mol. The molecule has 0 saturated carbocycles. The first-order chi connectivity index (χ1) is 23.9. The maximum atomic E-state index is 13.2. The van der Waals surface area contributed by atoms with Crippen LogP contribution in [-0.2, 0) is 14.3 Å². The number of methoxy groups -OCH3 is 1. The number of carbonyl (C=O) groups excluding carboxylic acids is 4. The van der Waals surface area contributed by atoms with Gasteiger partial charge in [-0.25, -0.2) is 9.59 Å². The molecule has 4 N–H and O–H groups in total. The number of urea groups is 1. The van der Waals surface area contributed by atoms with Gasteiger partial charge in [0.1, 0.15) is 0 Å². The molecule has 0 aliphatic carbocycles. The summed E-state index contributed by atoms with van der Waals surface area (Å²) in [5.74, 6) is 0.347. The molecule has 260 valence electrons. The second-order valence-electron chi connectivity index (χ2n) is 12.0. The van der Waals surface area contributed by atoms with Crippen molar-refractivity contribution in [2.24, 2.45) is 0 Å². The summed E-state index contributed by atoms with van der Waals surface area (Å²) in [6, 6.07) is 25.5. The zero-order valence-corrected chi connectivity index (χ0v) is 29.5. The Hall–Kier alpha value is -3.92. The molecule has 2 fully saturated rings. The van der Waals surface area contributed by atoms with Crippen molar-refractivity contribution >= 4 is 59.4 Å². The van der Waals surface area contributed by atoms with Gasteiger partial charge in [0.05, 0.1) is 24.8 Å². The van der Waals surface area contributed by atoms with E-state index in [1.165, 1.54) is 7.11 Å². The lowest BCUT2D eigenvalue weighted by molar-refractivity contribution is -0.121. The van der Waals surface area contributed by atoms with Crippen molar-refractivity contribution in [2.75, 3.05) is 39.2 Å². The molecule has 3 aromatic carbocycles. The molecule has 5 rings (SSSR count). The fraction of sp³-hybridized carbons (Fsp3) is 0.405. The highest BCUT2D eigenvalue weighted by Gasteiger charge is 2.42.